The van der Waals surface area contributed by atoms with Crippen molar-refractivity contribution in [1.29, 1.82) is 0 Å². The molecule has 0 aromatic heterocycles. The van der Waals surface area contributed by atoms with Crippen molar-refractivity contribution in [3.05, 3.63) is 29.8 Å². The van der Waals surface area contributed by atoms with Gasteiger partial charge in [0.2, 0.25) is 0 Å². The number of alkyl halides is 1. The fourth-order valence-corrected chi connectivity index (χ4v) is 2.39. The zero-order valence-electron chi connectivity index (χ0n) is 10.0. The lowest BCUT2D eigenvalue weighted by Crippen LogP contribution is -2.24. The summed E-state index contributed by atoms with van der Waals surface area (Å²) >= 11 is 4.06. The molecule has 0 unspecified atom stereocenters. The van der Waals surface area contributed by atoms with Crippen molar-refractivity contribution < 1.29 is 4.79 Å². The van der Waals surface area contributed by atoms with Crippen LogP contribution in [0, 0.1) is 0 Å². The smallest absolute Gasteiger partial charge is 0.251 e. The van der Waals surface area contributed by atoms with Crippen molar-refractivity contribution in [2.24, 2.45) is 0 Å². The third kappa shape index (κ3) is 5.77. The molecule has 0 aliphatic rings. The van der Waals surface area contributed by atoms with Gasteiger partial charge in [-0.05, 0) is 47.8 Å². The van der Waals surface area contributed by atoms with E-state index in [1.54, 1.807) is 11.8 Å². The third-order valence-corrected chi connectivity index (χ3v) is 3.95. The normalized spacial score (nSPS) is 10.2. The first-order valence-corrected chi connectivity index (χ1v) is 8.51. The van der Waals surface area contributed by atoms with Gasteiger partial charge in [-0.2, -0.15) is 0 Å². The van der Waals surface area contributed by atoms with E-state index in [1.165, 1.54) is 22.2 Å². The van der Waals surface area contributed by atoms with Gasteiger partial charge in [-0.25, -0.2) is 0 Å². The highest BCUT2D eigenvalue weighted by Crippen LogP contribution is 2.14. The Morgan fingerprint density at radius 3 is 2.53 bits per heavy atom. The van der Waals surface area contributed by atoms with Crippen molar-refractivity contribution in [2.45, 2.75) is 24.2 Å². The number of hydrogen-bond donors (Lipinski definition) is 1. The van der Waals surface area contributed by atoms with Crippen LogP contribution in [0.1, 0.15) is 29.6 Å². The van der Waals surface area contributed by atoms with E-state index in [0.717, 1.165) is 18.5 Å². The number of carbonyl (C=O) groups is 1. The Balaban J connectivity index is 2.31. The molecule has 0 heterocycles. The molecular formula is C13H18INOS. The van der Waals surface area contributed by atoms with Gasteiger partial charge >= 0.3 is 0 Å². The molecule has 0 radical (unpaired) electrons. The van der Waals surface area contributed by atoms with Crippen molar-refractivity contribution >= 4 is 40.3 Å². The van der Waals surface area contributed by atoms with Crippen LogP contribution in [-0.4, -0.2) is 23.1 Å². The summed E-state index contributed by atoms with van der Waals surface area (Å²) in [5.41, 5.74) is 0.747. The Morgan fingerprint density at radius 1 is 1.24 bits per heavy atom. The molecule has 0 fully saturated rings. The standard InChI is InChI=1S/C13H18INOS/c1-17-12-7-5-11(6-8-12)13(16)15-10-4-2-3-9-14/h5-8H,2-4,9-10H2,1H3,(H,15,16). The second kappa shape index (κ2) is 8.80. The molecule has 0 spiro atoms. The number of carbonyl (C=O) groups excluding carboxylic acids is 1. The summed E-state index contributed by atoms with van der Waals surface area (Å²) in [6, 6.07) is 7.73. The molecule has 1 aromatic carbocycles. The van der Waals surface area contributed by atoms with Gasteiger partial charge < -0.3 is 5.32 Å². The first-order chi connectivity index (χ1) is 8.27. The van der Waals surface area contributed by atoms with E-state index in [1.807, 2.05) is 30.5 Å². The van der Waals surface area contributed by atoms with Crippen molar-refractivity contribution in [1.82, 2.24) is 5.32 Å². The highest BCUT2D eigenvalue weighted by atomic mass is 127. The number of halogens is 1. The van der Waals surface area contributed by atoms with E-state index in [4.69, 9.17) is 0 Å². The predicted octanol–water partition coefficient (Wildman–Crippen LogP) is 3.74. The third-order valence-electron chi connectivity index (χ3n) is 2.45. The molecule has 1 rings (SSSR count). The highest BCUT2D eigenvalue weighted by molar-refractivity contribution is 14.1. The molecular weight excluding hydrogens is 345 g/mol. The average Bonchev–Trinajstić information content (AvgIpc) is 2.38. The SMILES string of the molecule is CSc1ccc(C(=O)NCCCCCI)cc1. The number of hydrogen-bond acceptors (Lipinski definition) is 2. The number of benzene rings is 1. The fourth-order valence-electron chi connectivity index (χ4n) is 1.44. The van der Waals surface area contributed by atoms with Gasteiger partial charge in [-0.3, -0.25) is 4.79 Å². The van der Waals surface area contributed by atoms with Gasteiger partial charge in [0, 0.05) is 17.0 Å². The summed E-state index contributed by atoms with van der Waals surface area (Å²) in [5, 5.41) is 2.95. The van der Waals surface area contributed by atoms with E-state index in [2.05, 4.69) is 27.9 Å². The second-order valence-electron chi connectivity index (χ2n) is 3.73. The molecule has 4 heteroatoms. The molecule has 0 atom stereocenters. The van der Waals surface area contributed by atoms with Crippen LogP contribution < -0.4 is 5.32 Å². The van der Waals surface area contributed by atoms with Crippen LogP contribution in [0.15, 0.2) is 29.2 Å². The lowest BCUT2D eigenvalue weighted by atomic mass is 10.2. The van der Waals surface area contributed by atoms with E-state index in [-0.39, 0.29) is 5.91 Å². The Morgan fingerprint density at radius 2 is 1.94 bits per heavy atom. The quantitative estimate of drug-likeness (QED) is 0.346. The zero-order valence-corrected chi connectivity index (χ0v) is 13.0. The summed E-state index contributed by atoms with van der Waals surface area (Å²) in [6.45, 7) is 0.778. The van der Waals surface area contributed by atoms with Crippen LogP contribution in [0.25, 0.3) is 0 Å². The number of unbranched alkanes of at least 4 members (excludes halogenated alkanes) is 2. The number of thioether (sulfide) groups is 1. The van der Waals surface area contributed by atoms with E-state index < -0.39 is 0 Å². The largest absolute Gasteiger partial charge is 0.352 e. The predicted molar refractivity (Wildman–Crippen MR) is 83.3 cm³/mol. The van der Waals surface area contributed by atoms with Crippen LogP contribution in [0.3, 0.4) is 0 Å². The molecule has 1 aromatic rings. The minimum Gasteiger partial charge on any atom is -0.352 e. The van der Waals surface area contributed by atoms with Gasteiger partial charge in [0.15, 0.2) is 0 Å². The minimum absolute atomic E-state index is 0.0344. The van der Waals surface area contributed by atoms with Crippen molar-refractivity contribution in [2.75, 3.05) is 17.2 Å². The summed E-state index contributed by atoms with van der Waals surface area (Å²) < 4.78 is 1.20. The molecule has 0 aliphatic carbocycles. The minimum atomic E-state index is 0.0344. The lowest BCUT2D eigenvalue weighted by molar-refractivity contribution is 0.0953. The molecule has 2 nitrogen and oxygen atoms in total. The molecule has 1 amide bonds. The number of rotatable bonds is 7. The molecule has 17 heavy (non-hydrogen) atoms. The summed E-state index contributed by atoms with van der Waals surface area (Å²) in [5.74, 6) is 0.0344. The van der Waals surface area contributed by atoms with Gasteiger partial charge in [-0.1, -0.05) is 29.0 Å². The molecule has 1 N–H and O–H groups in total. The van der Waals surface area contributed by atoms with Gasteiger partial charge in [-0.15, -0.1) is 11.8 Å². The molecule has 94 valence electrons. The maximum absolute atomic E-state index is 11.8. The van der Waals surface area contributed by atoms with E-state index in [9.17, 15) is 4.79 Å². The zero-order chi connectivity index (χ0) is 12.5. The van der Waals surface area contributed by atoms with Gasteiger partial charge in [0.25, 0.3) is 5.91 Å². The summed E-state index contributed by atoms with van der Waals surface area (Å²) in [6.07, 6.45) is 5.52. The Hall–Kier alpha value is -0.230. The van der Waals surface area contributed by atoms with Gasteiger partial charge in [0.05, 0.1) is 0 Å². The topological polar surface area (TPSA) is 29.1 Å². The van der Waals surface area contributed by atoms with E-state index in [0.29, 0.717) is 0 Å². The molecule has 0 aliphatic heterocycles. The van der Waals surface area contributed by atoms with Crippen molar-refractivity contribution in [3.8, 4) is 0 Å². The fraction of sp³-hybridized carbons (Fsp3) is 0.462. The summed E-state index contributed by atoms with van der Waals surface area (Å²) in [4.78, 5) is 12.9. The Bertz CT molecular complexity index is 340. The summed E-state index contributed by atoms with van der Waals surface area (Å²) in [7, 11) is 0. The van der Waals surface area contributed by atoms with E-state index >= 15 is 0 Å². The Labute approximate surface area is 121 Å². The number of amides is 1. The molecule has 0 saturated heterocycles. The van der Waals surface area contributed by atoms with Crippen LogP contribution in [0.5, 0.6) is 0 Å². The molecule has 0 bridgehead atoms. The van der Waals surface area contributed by atoms with Crippen LogP contribution >= 0.6 is 34.4 Å². The average molecular weight is 363 g/mol. The van der Waals surface area contributed by atoms with Crippen molar-refractivity contribution in [3.63, 3.8) is 0 Å². The van der Waals surface area contributed by atoms with Crippen LogP contribution in [0.4, 0.5) is 0 Å². The number of nitrogens with one attached hydrogen (secondary N) is 1. The lowest BCUT2D eigenvalue weighted by Gasteiger charge is -2.05. The second-order valence-corrected chi connectivity index (χ2v) is 5.69. The first-order valence-electron chi connectivity index (χ1n) is 5.76. The first kappa shape index (κ1) is 14.8. The van der Waals surface area contributed by atoms with Crippen LogP contribution in [0.2, 0.25) is 0 Å². The monoisotopic (exact) mass is 363 g/mol. The van der Waals surface area contributed by atoms with Crippen LogP contribution in [-0.2, 0) is 0 Å². The Kier molecular flexibility index (Phi) is 7.68. The maximum Gasteiger partial charge on any atom is 0.251 e. The molecule has 0 saturated carbocycles. The van der Waals surface area contributed by atoms with Gasteiger partial charge in [0.1, 0.15) is 0 Å². The highest BCUT2D eigenvalue weighted by Gasteiger charge is 2.03. The maximum atomic E-state index is 11.8.